The van der Waals surface area contributed by atoms with E-state index in [1.165, 1.54) is 0 Å². The van der Waals surface area contributed by atoms with Crippen molar-refractivity contribution >= 4 is 21.6 Å². The van der Waals surface area contributed by atoms with E-state index < -0.39 is 10.0 Å². The van der Waals surface area contributed by atoms with Crippen molar-refractivity contribution in [1.29, 1.82) is 0 Å². The number of sulfonamides is 1. The Morgan fingerprint density at radius 1 is 1.31 bits per heavy atom. The zero-order valence-electron chi connectivity index (χ0n) is 9.99. The third-order valence-electron chi connectivity index (χ3n) is 3.19. The standard InChI is InChI=1S/C11H22ClNO2S/c1-2-11-7-3-5-9-13(11)16(14,15)10-6-4-8-12/h11H,2-10H2,1H3. The van der Waals surface area contributed by atoms with Gasteiger partial charge in [0.05, 0.1) is 5.75 Å². The number of alkyl halides is 1. The Morgan fingerprint density at radius 2 is 2.06 bits per heavy atom. The van der Waals surface area contributed by atoms with E-state index in [0.717, 1.165) is 32.1 Å². The number of nitrogens with zero attached hydrogens (tertiary/aromatic N) is 1. The van der Waals surface area contributed by atoms with E-state index in [9.17, 15) is 8.42 Å². The highest BCUT2D eigenvalue weighted by atomic mass is 35.5. The molecule has 96 valence electrons. The smallest absolute Gasteiger partial charge is 0.212 e. The van der Waals surface area contributed by atoms with Gasteiger partial charge in [0.25, 0.3) is 0 Å². The minimum absolute atomic E-state index is 0.231. The van der Waals surface area contributed by atoms with Crippen molar-refractivity contribution in [1.82, 2.24) is 4.31 Å². The number of hydrogen-bond donors (Lipinski definition) is 0. The molecule has 1 aliphatic heterocycles. The molecule has 0 aromatic heterocycles. The van der Waals surface area contributed by atoms with Crippen LogP contribution in [0.25, 0.3) is 0 Å². The lowest BCUT2D eigenvalue weighted by Crippen LogP contribution is -2.44. The summed E-state index contributed by atoms with van der Waals surface area (Å²) in [5.74, 6) is 0.808. The molecule has 1 aliphatic rings. The molecule has 0 aromatic rings. The molecule has 1 saturated heterocycles. The number of unbranched alkanes of at least 4 members (excludes halogenated alkanes) is 1. The van der Waals surface area contributed by atoms with Crippen molar-refractivity contribution < 1.29 is 8.42 Å². The highest BCUT2D eigenvalue weighted by Crippen LogP contribution is 2.23. The van der Waals surface area contributed by atoms with Gasteiger partial charge in [-0.1, -0.05) is 13.3 Å². The second kappa shape index (κ2) is 6.82. The second-order valence-corrected chi connectivity index (χ2v) is 6.80. The van der Waals surface area contributed by atoms with Gasteiger partial charge in [-0.3, -0.25) is 0 Å². The summed E-state index contributed by atoms with van der Waals surface area (Å²) in [6, 6.07) is 0.231. The fourth-order valence-corrected chi connectivity index (χ4v) is 4.35. The molecule has 0 radical (unpaired) electrons. The van der Waals surface area contributed by atoms with Crippen molar-refractivity contribution in [2.45, 2.75) is 51.5 Å². The zero-order chi connectivity index (χ0) is 12.0. The van der Waals surface area contributed by atoms with Gasteiger partial charge in [-0.25, -0.2) is 8.42 Å². The number of rotatable bonds is 6. The van der Waals surface area contributed by atoms with Crippen LogP contribution in [0.2, 0.25) is 0 Å². The molecule has 0 aromatic carbocycles. The molecule has 1 rings (SSSR count). The SMILES string of the molecule is CCC1CCCCN1S(=O)(=O)CCCCCl. The monoisotopic (exact) mass is 267 g/mol. The Bertz CT molecular complexity index is 292. The molecular formula is C11H22ClNO2S. The van der Waals surface area contributed by atoms with Crippen LogP contribution in [0.3, 0.4) is 0 Å². The van der Waals surface area contributed by atoms with Gasteiger partial charge in [-0.2, -0.15) is 4.31 Å². The molecule has 0 amide bonds. The lowest BCUT2D eigenvalue weighted by Gasteiger charge is -2.34. The number of hydrogen-bond acceptors (Lipinski definition) is 2. The van der Waals surface area contributed by atoms with Crippen molar-refractivity contribution in [2.24, 2.45) is 0 Å². The third-order valence-corrected chi connectivity index (χ3v) is 5.45. The van der Waals surface area contributed by atoms with Gasteiger partial charge in [0.1, 0.15) is 0 Å². The van der Waals surface area contributed by atoms with Crippen LogP contribution in [0.15, 0.2) is 0 Å². The average Bonchev–Trinajstić information content (AvgIpc) is 2.29. The summed E-state index contributed by atoms with van der Waals surface area (Å²) in [4.78, 5) is 0. The summed E-state index contributed by atoms with van der Waals surface area (Å²) in [5.41, 5.74) is 0. The second-order valence-electron chi connectivity index (χ2n) is 4.38. The molecule has 3 nitrogen and oxygen atoms in total. The average molecular weight is 268 g/mol. The van der Waals surface area contributed by atoms with E-state index in [2.05, 4.69) is 6.92 Å². The maximum atomic E-state index is 12.1. The van der Waals surface area contributed by atoms with Gasteiger partial charge in [-0.15, -0.1) is 11.6 Å². The van der Waals surface area contributed by atoms with Crippen LogP contribution in [0.4, 0.5) is 0 Å². The maximum absolute atomic E-state index is 12.1. The minimum atomic E-state index is -3.04. The summed E-state index contributed by atoms with van der Waals surface area (Å²) < 4.78 is 26.0. The molecule has 0 bridgehead atoms. The fraction of sp³-hybridized carbons (Fsp3) is 1.00. The quantitative estimate of drug-likeness (QED) is 0.548. The van der Waals surface area contributed by atoms with E-state index in [-0.39, 0.29) is 11.8 Å². The summed E-state index contributed by atoms with van der Waals surface area (Å²) in [6.07, 6.45) is 5.57. The van der Waals surface area contributed by atoms with Crippen LogP contribution < -0.4 is 0 Å². The van der Waals surface area contributed by atoms with E-state index in [1.54, 1.807) is 4.31 Å². The summed E-state index contributed by atoms with van der Waals surface area (Å²) >= 11 is 5.56. The highest BCUT2D eigenvalue weighted by molar-refractivity contribution is 7.89. The number of piperidine rings is 1. The summed E-state index contributed by atoms with van der Waals surface area (Å²) in [7, 11) is -3.04. The van der Waals surface area contributed by atoms with Crippen LogP contribution in [0.1, 0.15) is 45.4 Å². The first-order chi connectivity index (χ1) is 7.61. The molecule has 5 heteroatoms. The van der Waals surface area contributed by atoms with Crippen molar-refractivity contribution in [3.63, 3.8) is 0 Å². The topological polar surface area (TPSA) is 37.4 Å². The maximum Gasteiger partial charge on any atom is 0.214 e. The van der Waals surface area contributed by atoms with Crippen LogP contribution in [-0.2, 0) is 10.0 Å². The predicted octanol–water partition coefficient (Wildman–Crippen LogP) is 2.60. The number of halogens is 1. The first-order valence-corrected chi connectivity index (χ1v) is 8.31. The van der Waals surface area contributed by atoms with E-state index >= 15 is 0 Å². The Hall–Kier alpha value is 0.200. The first kappa shape index (κ1) is 14.3. The molecule has 1 fully saturated rings. The lowest BCUT2D eigenvalue weighted by atomic mass is 10.0. The molecule has 16 heavy (non-hydrogen) atoms. The van der Waals surface area contributed by atoms with Gasteiger partial charge in [0.2, 0.25) is 10.0 Å². The van der Waals surface area contributed by atoms with Gasteiger partial charge < -0.3 is 0 Å². The molecule has 0 N–H and O–H groups in total. The summed E-state index contributed by atoms with van der Waals surface area (Å²) in [5, 5.41) is 0. The van der Waals surface area contributed by atoms with Crippen molar-refractivity contribution in [3.8, 4) is 0 Å². The largest absolute Gasteiger partial charge is 0.214 e. The highest BCUT2D eigenvalue weighted by Gasteiger charge is 2.30. The Kier molecular flexibility index (Phi) is 6.08. The minimum Gasteiger partial charge on any atom is -0.212 e. The van der Waals surface area contributed by atoms with Gasteiger partial charge >= 0.3 is 0 Å². The lowest BCUT2D eigenvalue weighted by molar-refractivity contribution is 0.246. The molecular weight excluding hydrogens is 246 g/mol. The van der Waals surface area contributed by atoms with Crippen molar-refractivity contribution in [2.75, 3.05) is 18.2 Å². The molecule has 0 aliphatic carbocycles. The molecule has 1 atom stereocenters. The van der Waals surface area contributed by atoms with Crippen LogP contribution >= 0.6 is 11.6 Å². The third kappa shape index (κ3) is 3.90. The summed E-state index contributed by atoms with van der Waals surface area (Å²) in [6.45, 7) is 2.78. The van der Waals surface area contributed by atoms with E-state index in [0.29, 0.717) is 18.8 Å². The molecule has 0 spiro atoms. The van der Waals surface area contributed by atoms with E-state index in [4.69, 9.17) is 11.6 Å². The Labute approximate surface area is 104 Å². The van der Waals surface area contributed by atoms with Gasteiger partial charge in [-0.05, 0) is 32.1 Å². The van der Waals surface area contributed by atoms with E-state index in [1.807, 2.05) is 0 Å². The zero-order valence-corrected chi connectivity index (χ0v) is 11.6. The first-order valence-electron chi connectivity index (χ1n) is 6.17. The van der Waals surface area contributed by atoms with Gasteiger partial charge in [0.15, 0.2) is 0 Å². The van der Waals surface area contributed by atoms with Crippen LogP contribution in [0.5, 0.6) is 0 Å². The van der Waals surface area contributed by atoms with Crippen LogP contribution in [0, 0.1) is 0 Å². The normalized spacial score (nSPS) is 23.5. The van der Waals surface area contributed by atoms with Crippen LogP contribution in [-0.4, -0.2) is 36.9 Å². The predicted molar refractivity (Wildman–Crippen MR) is 68.4 cm³/mol. The molecule has 0 saturated carbocycles. The van der Waals surface area contributed by atoms with Gasteiger partial charge in [0, 0.05) is 18.5 Å². The Morgan fingerprint density at radius 3 is 2.69 bits per heavy atom. The Balaban J connectivity index is 2.57. The molecule has 1 heterocycles. The fourth-order valence-electron chi connectivity index (χ4n) is 2.24. The molecule has 1 unspecified atom stereocenters. The van der Waals surface area contributed by atoms with Crippen molar-refractivity contribution in [3.05, 3.63) is 0 Å².